The van der Waals surface area contributed by atoms with Crippen molar-refractivity contribution in [2.75, 3.05) is 6.54 Å². The molecule has 3 unspecified atom stereocenters. The van der Waals surface area contributed by atoms with Crippen LogP contribution in [0.5, 0.6) is 0 Å². The summed E-state index contributed by atoms with van der Waals surface area (Å²) in [6.45, 7) is 9.20. The summed E-state index contributed by atoms with van der Waals surface area (Å²) in [6.07, 6.45) is 28.1. The van der Waals surface area contributed by atoms with E-state index in [2.05, 4.69) is 56.0 Å². The number of nitrogens with one attached hydrogen (secondary N) is 2. The molecule has 0 aromatic carbocycles. The molecule has 0 spiro atoms. The summed E-state index contributed by atoms with van der Waals surface area (Å²) in [5, 5.41) is 6.63. The molecule has 1 aliphatic rings. The van der Waals surface area contributed by atoms with E-state index >= 15 is 0 Å². The van der Waals surface area contributed by atoms with Crippen molar-refractivity contribution in [3.63, 3.8) is 0 Å². The average Bonchev–Trinajstić information content (AvgIpc) is 3.14. The van der Waals surface area contributed by atoms with Gasteiger partial charge in [-0.05, 0) is 39.0 Å². The van der Waals surface area contributed by atoms with Crippen LogP contribution < -0.4 is 10.6 Å². The van der Waals surface area contributed by atoms with Gasteiger partial charge in [-0.15, -0.1) is 0 Å². The Labute approximate surface area is 187 Å². The third kappa shape index (κ3) is 10.1. The number of carbonyl (C=O) groups is 1. The van der Waals surface area contributed by atoms with Crippen LogP contribution in [-0.2, 0) is 4.79 Å². The van der Waals surface area contributed by atoms with Crippen molar-refractivity contribution in [3.05, 3.63) is 24.6 Å². The predicted octanol–water partition coefficient (Wildman–Crippen LogP) is 6.74. The summed E-state index contributed by atoms with van der Waals surface area (Å²) in [4.78, 5) is 11.5. The molecule has 1 heterocycles. The summed E-state index contributed by atoms with van der Waals surface area (Å²) >= 11 is 0. The lowest BCUT2D eigenvalue weighted by atomic mass is 10.1. The van der Waals surface area contributed by atoms with Crippen molar-refractivity contribution in [1.29, 1.82) is 0 Å². The topological polar surface area (TPSA) is 41.1 Å². The Morgan fingerprint density at radius 1 is 0.967 bits per heavy atom. The molecule has 4 nitrogen and oxygen atoms in total. The monoisotopic (exact) mass is 420 g/mol. The van der Waals surface area contributed by atoms with E-state index in [1.54, 1.807) is 6.92 Å². The summed E-state index contributed by atoms with van der Waals surface area (Å²) in [5.74, 6) is 0.0509. The number of unbranched alkanes of at least 4 members (excludes halogenated alkanes) is 11. The molecule has 0 aromatic rings. The molecule has 0 saturated carbocycles. The van der Waals surface area contributed by atoms with Crippen LogP contribution in [0.3, 0.4) is 0 Å². The molecule has 0 radical (unpaired) electrons. The highest BCUT2D eigenvalue weighted by Crippen LogP contribution is 2.26. The van der Waals surface area contributed by atoms with Crippen molar-refractivity contribution in [2.45, 2.75) is 130 Å². The number of quaternary nitrogens is 1. The number of hydrogen-bond acceptors (Lipinski definition) is 2. The highest BCUT2D eigenvalue weighted by Gasteiger charge is 2.41. The molecule has 3 atom stereocenters. The molecular weight excluding hydrogens is 370 g/mol. The lowest BCUT2D eigenvalue weighted by Crippen LogP contribution is -2.62. The van der Waals surface area contributed by atoms with Gasteiger partial charge in [0.05, 0.1) is 12.7 Å². The second-order valence-electron chi connectivity index (χ2n) is 9.06. The Balaban J connectivity index is 2.06. The molecule has 4 heteroatoms. The first-order chi connectivity index (χ1) is 14.6. The Kier molecular flexibility index (Phi) is 14.6. The lowest BCUT2D eigenvalue weighted by Gasteiger charge is -2.41. The van der Waals surface area contributed by atoms with Crippen LogP contribution in [0.1, 0.15) is 118 Å². The Bertz CT molecular complexity index is 503. The van der Waals surface area contributed by atoms with Gasteiger partial charge in [0.1, 0.15) is 6.20 Å². The van der Waals surface area contributed by atoms with E-state index in [9.17, 15) is 4.79 Å². The van der Waals surface area contributed by atoms with Crippen LogP contribution in [0, 0.1) is 0 Å². The fraction of sp³-hybridized carbons (Fsp3) is 0.808. The molecule has 174 valence electrons. The number of amides is 1. The number of rotatable bonds is 18. The Hall–Kier alpha value is -1.29. The van der Waals surface area contributed by atoms with Crippen LogP contribution >= 0.6 is 0 Å². The van der Waals surface area contributed by atoms with Crippen molar-refractivity contribution in [1.82, 2.24) is 10.6 Å². The smallest absolute Gasteiger partial charge is 0.221 e. The second-order valence-corrected chi connectivity index (χ2v) is 9.06. The maximum atomic E-state index is 11.5. The summed E-state index contributed by atoms with van der Waals surface area (Å²) in [6, 6.07) is 0. The Morgan fingerprint density at radius 3 is 2.10 bits per heavy atom. The van der Waals surface area contributed by atoms with Gasteiger partial charge in [0.25, 0.3) is 0 Å². The second kappa shape index (κ2) is 16.4. The largest absolute Gasteiger partial charge is 0.338 e. The zero-order chi connectivity index (χ0) is 22.1. The first kappa shape index (κ1) is 26.7. The quantitative estimate of drug-likeness (QED) is 0.146. The fourth-order valence-corrected chi connectivity index (χ4v) is 4.68. The molecular formula is C26H50N3O+. The highest BCUT2D eigenvalue weighted by atomic mass is 16.1. The number of carbonyl (C=O) groups excluding carboxylic acids is 1. The molecule has 0 saturated heterocycles. The summed E-state index contributed by atoms with van der Waals surface area (Å²) < 4.78 is 0.811. The normalized spacial score (nSPS) is 21.8. The van der Waals surface area contributed by atoms with E-state index in [4.69, 9.17) is 0 Å². The minimum Gasteiger partial charge on any atom is -0.338 e. The zero-order valence-corrected chi connectivity index (χ0v) is 20.4. The molecule has 1 rings (SSSR count). The molecule has 0 fully saturated rings. The standard InChI is InChI=1S/C26H49N3O/c1-5-7-8-9-10-11-12-13-14-15-16-17-18-19-20-21-26-27-22-23-29(26,6-2)24(3)28-25(4)30/h11-12,22-24,26-27H,5-10,13-21H2,1-4H3/p+1/b12-11+. The van der Waals surface area contributed by atoms with E-state index in [1.807, 2.05) is 0 Å². The first-order valence-electron chi connectivity index (χ1n) is 12.8. The van der Waals surface area contributed by atoms with Gasteiger partial charge in [-0.1, -0.05) is 70.4 Å². The summed E-state index contributed by atoms with van der Waals surface area (Å²) in [5.41, 5.74) is 0. The van der Waals surface area contributed by atoms with Crippen molar-refractivity contribution >= 4 is 5.91 Å². The number of hydrogen-bond donors (Lipinski definition) is 2. The average molecular weight is 421 g/mol. The van der Waals surface area contributed by atoms with Gasteiger partial charge in [-0.2, -0.15) is 0 Å². The highest BCUT2D eigenvalue weighted by molar-refractivity contribution is 5.72. The molecule has 0 aliphatic carbocycles. The van der Waals surface area contributed by atoms with Crippen LogP contribution in [0.15, 0.2) is 24.6 Å². The van der Waals surface area contributed by atoms with Gasteiger partial charge in [-0.3, -0.25) is 9.28 Å². The van der Waals surface area contributed by atoms with Crippen LogP contribution in [-0.4, -0.2) is 29.3 Å². The van der Waals surface area contributed by atoms with Crippen molar-refractivity contribution in [3.8, 4) is 0 Å². The van der Waals surface area contributed by atoms with E-state index in [-0.39, 0.29) is 12.1 Å². The van der Waals surface area contributed by atoms with E-state index in [1.165, 1.54) is 83.5 Å². The minimum atomic E-state index is 0.0509. The first-order valence-corrected chi connectivity index (χ1v) is 12.8. The number of allylic oxidation sites excluding steroid dienone is 2. The molecule has 1 aliphatic heterocycles. The molecule has 0 aromatic heterocycles. The molecule has 1 amide bonds. The van der Waals surface area contributed by atoms with Crippen LogP contribution in [0.2, 0.25) is 0 Å². The number of nitrogens with zero attached hydrogens (tertiary/aromatic N) is 1. The summed E-state index contributed by atoms with van der Waals surface area (Å²) in [7, 11) is 0. The fourth-order valence-electron chi connectivity index (χ4n) is 4.68. The molecule has 30 heavy (non-hydrogen) atoms. The van der Waals surface area contributed by atoms with Gasteiger partial charge in [-0.25, -0.2) is 0 Å². The maximum Gasteiger partial charge on any atom is 0.221 e. The van der Waals surface area contributed by atoms with E-state index in [0.29, 0.717) is 6.17 Å². The van der Waals surface area contributed by atoms with E-state index in [0.717, 1.165) is 17.4 Å². The van der Waals surface area contributed by atoms with Crippen LogP contribution in [0.4, 0.5) is 0 Å². The lowest BCUT2D eigenvalue weighted by molar-refractivity contribution is -0.923. The minimum absolute atomic E-state index is 0.0509. The van der Waals surface area contributed by atoms with E-state index < -0.39 is 0 Å². The SMILES string of the molecule is CCCCCC/C=C/CCCCCCCCCC1NC=C[N+]1(CC)C(C)NC(C)=O. The van der Waals surface area contributed by atoms with Gasteiger partial charge in [0, 0.05) is 20.3 Å². The zero-order valence-electron chi connectivity index (χ0n) is 20.4. The molecule has 0 bridgehead atoms. The van der Waals surface area contributed by atoms with Crippen molar-refractivity contribution in [2.24, 2.45) is 0 Å². The van der Waals surface area contributed by atoms with Gasteiger partial charge < -0.3 is 10.6 Å². The third-order valence-corrected chi connectivity index (χ3v) is 6.64. The van der Waals surface area contributed by atoms with Gasteiger partial charge in [0.15, 0.2) is 12.3 Å². The molecule has 2 N–H and O–H groups in total. The predicted molar refractivity (Wildman–Crippen MR) is 130 cm³/mol. The van der Waals surface area contributed by atoms with Crippen LogP contribution in [0.25, 0.3) is 0 Å². The van der Waals surface area contributed by atoms with Crippen molar-refractivity contribution < 1.29 is 9.28 Å². The van der Waals surface area contributed by atoms with Gasteiger partial charge in [0.2, 0.25) is 5.91 Å². The third-order valence-electron chi connectivity index (χ3n) is 6.64. The Morgan fingerprint density at radius 2 is 1.53 bits per heavy atom. The van der Waals surface area contributed by atoms with Gasteiger partial charge >= 0.3 is 0 Å². The maximum absolute atomic E-state index is 11.5.